The summed E-state index contributed by atoms with van der Waals surface area (Å²) < 4.78 is 1.99. The first-order valence-corrected chi connectivity index (χ1v) is 7.13. The fraction of sp³-hybridized carbons (Fsp3) is 0.143. The van der Waals surface area contributed by atoms with Gasteiger partial charge >= 0.3 is 0 Å². The van der Waals surface area contributed by atoms with Gasteiger partial charge in [-0.2, -0.15) is 0 Å². The van der Waals surface area contributed by atoms with E-state index in [1.54, 1.807) is 17.7 Å². The van der Waals surface area contributed by atoms with Crippen LogP contribution in [-0.4, -0.2) is 9.97 Å². The summed E-state index contributed by atoms with van der Waals surface area (Å²) in [5.41, 5.74) is 3.44. The van der Waals surface area contributed by atoms with Crippen LogP contribution >= 0.6 is 23.6 Å². The zero-order valence-electron chi connectivity index (χ0n) is 9.93. The molecule has 2 aromatic heterocycles. The maximum atomic E-state index is 5.31. The topological polar surface area (TPSA) is 28.7 Å². The summed E-state index contributed by atoms with van der Waals surface area (Å²) in [6, 6.07) is 8.50. The quantitative estimate of drug-likeness (QED) is 0.692. The first-order valence-electron chi connectivity index (χ1n) is 5.84. The summed E-state index contributed by atoms with van der Waals surface area (Å²) in [7, 11) is 0. The summed E-state index contributed by atoms with van der Waals surface area (Å²) in [5, 5.41) is 3.39. The van der Waals surface area contributed by atoms with Crippen LogP contribution in [0.3, 0.4) is 0 Å². The Kier molecular flexibility index (Phi) is 2.97. The van der Waals surface area contributed by atoms with E-state index in [0.717, 1.165) is 17.7 Å². The van der Waals surface area contributed by atoms with Gasteiger partial charge in [0.2, 0.25) is 0 Å². The van der Waals surface area contributed by atoms with Gasteiger partial charge in [0.1, 0.15) is 4.64 Å². The third-order valence-corrected chi connectivity index (χ3v) is 4.37. The van der Waals surface area contributed by atoms with Crippen molar-refractivity contribution in [2.75, 3.05) is 0 Å². The van der Waals surface area contributed by atoms with E-state index in [1.807, 2.05) is 0 Å². The summed E-state index contributed by atoms with van der Waals surface area (Å²) in [6.07, 6.45) is 2.57. The maximum absolute atomic E-state index is 5.31. The first-order chi connectivity index (χ1) is 8.81. The average Bonchev–Trinajstić information content (AvgIpc) is 2.86. The molecule has 3 aromatic rings. The van der Waals surface area contributed by atoms with E-state index < -0.39 is 0 Å². The van der Waals surface area contributed by atoms with Gasteiger partial charge in [0.15, 0.2) is 0 Å². The molecule has 3 rings (SSSR count). The predicted molar refractivity (Wildman–Crippen MR) is 79.6 cm³/mol. The molecule has 0 radical (unpaired) electrons. The Hall–Kier alpha value is -1.52. The van der Waals surface area contributed by atoms with Gasteiger partial charge < -0.3 is 4.98 Å². The molecule has 0 unspecified atom stereocenters. The lowest BCUT2D eigenvalue weighted by Crippen LogP contribution is -1.95. The molecule has 0 aliphatic heterocycles. The van der Waals surface area contributed by atoms with Gasteiger partial charge in [0.05, 0.1) is 12.0 Å². The van der Waals surface area contributed by atoms with Crippen molar-refractivity contribution in [2.45, 2.75) is 13.3 Å². The molecular formula is C14H12N2S2. The number of fused-ring (bicyclic) bond motifs is 1. The van der Waals surface area contributed by atoms with E-state index >= 15 is 0 Å². The normalized spacial score (nSPS) is 10.9. The van der Waals surface area contributed by atoms with Crippen LogP contribution in [0.25, 0.3) is 21.3 Å². The second-order valence-corrected chi connectivity index (χ2v) is 5.36. The fourth-order valence-electron chi connectivity index (χ4n) is 2.19. The Bertz CT molecular complexity index is 756. The molecule has 0 fully saturated rings. The molecule has 4 heteroatoms. The molecule has 2 heterocycles. The van der Waals surface area contributed by atoms with Crippen LogP contribution < -0.4 is 0 Å². The molecular weight excluding hydrogens is 260 g/mol. The van der Waals surface area contributed by atoms with Crippen LogP contribution in [0.4, 0.5) is 0 Å². The van der Waals surface area contributed by atoms with Crippen molar-refractivity contribution < 1.29 is 0 Å². The Morgan fingerprint density at radius 1 is 1.33 bits per heavy atom. The Balaban J connectivity index is 2.36. The number of H-pyrrole nitrogens is 1. The van der Waals surface area contributed by atoms with E-state index in [1.165, 1.54) is 15.6 Å². The number of benzene rings is 1. The Morgan fingerprint density at radius 3 is 3.06 bits per heavy atom. The first kappa shape index (κ1) is 11.6. The number of nitrogens with zero attached hydrogens (tertiary/aromatic N) is 1. The Labute approximate surface area is 114 Å². The molecule has 1 aromatic carbocycles. The highest BCUT2D eigenvalue weighted by Gasteiger charge is 2.10. The van der Waals surface area contributed by atoms with Gasteiger partial charge in [-0.3, -0.25) is 0 Å². The SMILES string of the molecule is CCc1c(-c2cccc3ccsc23)[nH]cnc1=S. The second-order valence-electron chi connectivity index (χ2n) is 4.06. The van der Waals surface area contributed by atoms with Crippen molar-refractivity contribution in [3.63, 3.8) is 0 Å². The van der Waals surface area contributed by atoms with Crippen LogP contribution in [0.1, 0.15) is 12.5 Å². The molecule has 0 aliphatic carbocycles. The van der Waals surface area contributed by atoms with E-state index in [0.29, 0.717) is 4.64 Å². The lowest BCUT2D eigenvalue weighted by atomic mass is 10.0. The molecule has 0 saturated heterocycles. The van der Waals surface area contributed by atoms with Gasteiger partial charge in [-0.05, 0) is 23.3 Å². The van der Waals surface area contributed by atoms with Crippen molar-refractivity contribution >= 4 is 33.6 Å². The van der Waals surface area contributed by atoms with Crippen molar-refractivity contribution in [1.82, 2.24) is 9.97 Å². The van der Waals surface area contributed by atoms with Gasteiger partial charge in [0.25, 0.3) is 0 Å². The maximum Gasteiger partial charge on any atom is 0.133 e. The summed E-state index contributed by atoms with van der Waals surface area (Å²) >= 11 is 7.07. The highest BCUT2D eigenvalue weighted by molar-refractivity contribution is 7.71. The molecule has 0 saturated carbocycles. The van der Waals surface area contributed by atoms with Crippen molar-refractivity contribution in [1.29, 1.82) is 0 Å². The monoisotopic (exact) mass is 272 g/mol. The highest BCUT2D eigenvalue weighted by atomic mass is 32.1. The van der Waals surface area contributed by atoms with Gasteiger partial charge in [-0.25, -0.2) is 4.98 Å². The minimum absolute atomic E-state index is 0.694. The number of nitrogens with one attached hydrogen (secondary N) is 1. The van der Waals surface area contributed by atoms with Crippen LogP contribution in [0.15, 0.2) is 36.0 Å². The summed E-state index contributed by atoms with van der Waals surface area (Å²) in [5.74, 6) is 0. The number of aromatic amines is 1. The minimum Gasteiger partial charge on any atom is -0.345 e. The number of hydrogen-bond donors (Lipinski definition) is 1. The largest absolute Gasteiger partial charge is 0.345 e. The molecule has 18 heavy (non-hydrogen) atoms. The van der Waals surface area contributed by atoms with E-state index in [9.17, 15) is 0 Å². The van der Waals surface area contributed by atoms with Gasteiger partial charge in [-0.1, -0.05) is 37.3 Å². The number of rotatable bonds is 2. The smallest absolute Gasteiger partial charge is 0.133 e. The third-order valence-electron chi connectivity index (χ3n) is 3.05. The number of aromatic nitrogens is 2. The zero-order valence-corrected chi connectivity index (χ0v) is 11.6. The minimum atomic E-state index is 0.694. The molecule has 1 N–H and O–H groups in total. The molecule has 0 aliphatic rings. The molecule has 0 amide bonds. The highest BCUT2D eigenvalue weighted by Crippen LogP contribution is 2.33. The molecule has 0 bridgehead atoms. The van der Waals surface area contributed by atoms with Crippen LogP contribution in [0, 0.1) is 4.64 Å². The van der Waals surface area contributed by atoms with E-state index in [4.69, 9.17) is 12.2 Å². The standard InChI is InChI=1S/C14H12N2S2/c1-2-10-12(15-8-16-14(10)17)11-5-3-4-9-6-7-18-13(9)11/h3-8H,2H2,1H3,(H,15,16,17). The van der Waals surface area contributed by atoms with Crippen molar-refractivity contribution in [3.8, 4) is 11.3 Å². The van der Waals surface area contributed by atoms with Gasteiger partial charge in [0, 0.05) is 15.8 Å². The molecule has 0 spiro atoms. The second kappa shape index (κ2) is 4.63. The number of hydrogen-bond acceptors (Lipinski definition) is 3. The van der Waals surface area contributed by atoms with Crippen molar-refractivity contribution in [3.05, 3.63) is 46.2 Å². The van der Waals surface area contributed by atoms with Crippen LogP contribution in [0.5, 0.6) is 0 Å². The fourth-order valence-corrected chi connectivity index (χ4v) is 3.40. The zero-order chi connectivity index (χ0) is 12.5. The molecule has 90 valence electrons. The average molecular weight is 272 g/mol. The lowest BCUT2D eigenvalue weighted by Gasteiger charge is -2.08. The number of thiophene rings is 1. The predicted octanol–water partition coefficient (Wildman–Crippen LogP) is 4.58. The van der Waals surface area contributed by atoms with E-state index in [-0.39, 0.29) is 0 Å². The van der Waals surface area contributed by atoms with Gasteiger partial charge in [-0.15, -0.1) is 11.3 Å². The van der Waals surface area contributed by atoms with Crippen LogP contribution in [-0.2, 0) is 6.42 Å². The summed E-state index contributed by atoms with van der Waals surface area (Å²) in [6.45, 7) is 2.11. The Morgan fingerprint density at radius 2 is 2.22 bits per heavy atom. The molecule has 2 nitrogen and oxygen atoms in total. The van der Waals surface area contributed by atoms with E-state index in [2.05, 4.69) is 46.5 Å². The third kappa shape index (κ3) is 1.78. The van der Waals surface area contributed by atoms with Crippen LogP contribution in [0.2, 0.25) is 0 Å². The molecule has 0 atom stereocenters. The lowest BCUT2D eigenvalue weighted by molar-refractivity contribution is 1.04. The summed E-state index contributed by atoms with van der Waals surface area (Å²) in [4.78, 5) is 7.42. The van der Waals surface area contributed by atoms with Crippen molar-refractivity contribution in [2.24, 2.45) is 0 Å².